The van der Waals surface area contributed by atoms with Crippen LogP contribution in [0.4, 0.5) is 0 Å². The summed E-state index contributed by atoms with van der Waals surface area (Å²) in [7, 11) is 1.78. The van der Waals surface area contributed by atoms with Crippen LogP contribution in [0.25, 0.3) is 0 Å². The SMILES string of the molecule is COCC(C)(C)CN1CCC(N)C(C)(C)C1. The third-order valence-electron chi connectivity index (χ3n) is 3.58. The predicted molar refractivity (Wildman–Crippen MR) is 68.5 cm³/mol. The maximum Gasteiger partial charge on any atom is 0.0525 e. The fourth-order valence-electron chi connectivity index (χ4n) is 2.66. The van der Waals surface area contributed by atoms with Crippen LogP contribution in [-0.2, 0) is 4.74 Å². The Morgan fingerprint density at radius 1 is 1.44 bits per heavy atom. The number of hydrogen-bond donors (Lipinski definition) is 1. The second kappa shape index (κ2) is 5.03. The Balaban J connectivity index is 2.51. The summed E-state index contributed by atoms with van der Waals surface area (Å²) in [5.74, 6) is 0. The maximum absolute atomic E-state index is 6.15. The molecule has 16 heavy (non-hydrogen) atoms. The second-order valence-electron chi connectivity index (χ2n) is 6.69. The standard InChI is InChI=1S/C13H28N2O/c1-12(2,10-16-5)8-15-7-6-11(14)13(3,4)9-15/h11H,6-10,14H2,1-5H3. The van der Waals surface area contributed by atoms with Gasteiger partial charge in [0.1, 0.15) is 0 Å². The summed E-state index contributed by atoms with van der Waals surface area (Å²) in [6.07, 6.45) is 1.11. The van der Waals surface area contributed by atoms with Crippen molar-refractivity contribution in [2.75, 3.05) is 33.4 Å². The van der Waals surface area contributed by atoms with Crippen LogP contribution in [0.15, 0.2) is 0 Å². The minimum atomic E-state index is 0.228. The second-order valence-corrected chi connectivity index (χ2v) is 6.69. The van der Waals surface area contributed by atoms with E-state index in [0.29, 0.717) is 6.04 Å². The summed E-state index contributed by atoms with van der Waals surface area (Å²) in [6, 6.07) is 0.342. The molecule has 1 heterocycles. The number of rotatable bonds is 4. The summed E-state index contributed by atoms with van der Waals surface area (Å²) in [5, 5.41) is 0. The summed E-state index contributed by atoms with van der Waals surface area (Å²) >= 11 is 0. The first kappa shape index (κ1) is 13.9. The molecule has 0 aromatic carbocycles. The van der Waals surface area contributed by atoms with Gasteiger partial charge in [-0.25, -0.2) is 0 Å². The molecule has 0 amide bonds. The van der Waals surface area contributed by atoms with Gasteiger partial charge in [0.05, 0.1) is 6.61 Å². The van der Waals surface area contributed by atoms with Crippen molar-refractivity contribution < 1.29 is 4.74 Å². The molecular formula is C13H28N2O. The summed E-state index contributed by atoms with van der Waals surface area (Å²) in [5.41, 5.74) is 6.61. The van der Waals surface area contributed by atoms with Gasteiger partial charge in [0.2, 0.25) is 0 Å². The fourth-order valence-corrected chi connectivity index (χ4v) is 2.66. The van der Waals surface area contributed by atoms with Crippen molar-refractivity contribution in [3.8, 4) is 0 Å². The van der Waals surface area contributed by atoms with Crippen molar-refractivity contribution in [3.63, 3.8) is 0 Å². The average Bonchev–Trinajstić information content (AvgIpc) is 2.10. The number of methoxy groups -OCH3 is 1. The van der Waals surface area contributed by atoms with Crippen molar-refractivity contribution >= 4 is 0 Å². The molecule has 0 spiro atoms. The first-order valence-corrected chi connectivity index (χ1v) is 6.24. The van der Waals surface area contributed by atoms with Gasteiger partial charge < -0.3 is 15.4 Å². The van der Waals surface area contributed by atoms with Crippen LogP contribution in [-0.4, -0.2) is 44.3 Å². The number of piperidine rings is 1. The Bertz CT molecular complexity index is 226. The van der Waals surface area contributed by atoms with Gasteiger partial charge in [0.15, 0.2) is 0 Å². The van der Waals surface area contributed by atoms with Crippen LogP contribution in [0.5, 0.6) is 0 Å². The highest BCUT2D eigenvalue weighted by Gasteiger charge is 2.35. The van der Waals surface area contributed by atoms with Crippen LogP contribution >= 0.6 is 0 Å². The zero-order chi connectivity index (χ0) is 12.4. The Kier molecular flexibility index (Phi) is 4.38. The van der Waals surface area contributed by atoms with Gasteiger partial charge in [-0.05, 0) is 18.4 Å². The third kappa shape index (κ3) is 3.72. The van der Waals surface area contributed by atoms with Crippen LogP contribution in [0, 0.1) is 10.8 Å². The lowest BCUT2D eigenvalue weighted by molar-refractivity contribution is 0.0300. The molecular weight excluding hydrogens is 200 g/mol. The van der Waals surface area contributed by atoms with E-state index in [4.69, 9.17) is 10.5 Å². The van der Waals surface area contributed by atoms with E-state index >= 15 is 0 Å². The van der Waals surface area contributed by atoms with Crippen molar-refractivity contribution in [2.24, 2.45) is 16.6 Å². The molecule has 96 valence electrons. The van der Waals surface area contributed by atoms with Gasteiger partial charge in [-0.1, -0.05) is 27.7 Å². The highest BCUT2D eigenvalue weighted by atomic mass is 16.5. The zero-order valence-corrected chi connectivity index (χ0v) is 11.5. The van der Waals surface area contributed by atoms with Crippen molar-refractivity contribution in [3.05, 3.63) is 0 Å². The lowest BCUT2D eigenvalue weighted by atomic mass is 9.79. The quantitative estimate of drug-likeness (QED) is 0.796. The molecule has 0 aromatic heterocycles. The summed E-state index contributed by atoms with van der Waals surface area (Å²) < 4.78 is 5.27. The number of hydrogen-bond acceptors (Lipinski definition) is 3. The molecule has 1 aliphatic rings. The summed E-state index contributed by atoms with van der Waals surface area (Å²) in [6.45, 7) is 13.2. The molecule has 0 bridgehead atoms. The molecule has 1 atom stereocenters. The molecule has 1 unspecified atom stereocenters. The van der Waals surface area contributed by atoms with Crippen LogP contribution in [0.1, 0.15) is 34.1 Å². The van der Waals surface area contributed by atoms with E-state index in [0.717, 1.165) is 32.7 Å². The molecule has 0 aromatic rings. The van der Waals surface area contributed by atoms with Gasteiger partial charge in [-0.15, -0.1) is 0 Å². The van der Waals surface area contributed by atoms with E-state index in [9.17, 15) is 0 Å². The van der Waals surface area contributed by atoms with Crippen molar-refractivity contribution in [1.29, 1.82) is 0 Å². The van der Waals surface area contributed by atoms with E-state index in [2.05, 4.69) is 32.6 Å². The van der Waals surface area contributed by atoms with E-state index in [-0.39, 0.29) is 10.8 Å². The monoisotopic (exact) mass is 228 g/mol. The number of ether oxygens (including phenoxy) is 1. The number of nitrogens with two attached hydrogens (primary N) is 1. The molecule has 1 rings (SSSR count). The predicted octanol–water partition coefficient (Wildman–Crippen LogP) is 1.72. The third-order valence-corrected chi connectivity index (χ3v) is 3.58. The van der Waals surface area contributed by atoms with Gasteiger partial charge in [0.25, 0.3) is 0 Å². The molecule has 1 saturated heterocycles. The van der Waals surface area contributed by atoms with Crippen LogP contribution in [0.2, 0.25) is 0 Å². The number of nitrogens with zero attached hydrogens (tertiary/aromatic N) is 1. The van der Waals surface area contributed by atoms with Gasteiger partial charge in [-0.3, -0.25) is 0 Å². The Labute approximate surface area is 100 Å². The molecule has 3 heteroatoms. The van der Waals surface area contributed by atoms with E-state index < -0.39 is 0 Å². The van der Waals surface area contributed by atoms with E-state index in [1.165, 1.54) is 0 Å². The molecule has 0 aliphatic carbocycles. The maximum atomic E-state index is 6.15. The molecule has 0 saturated carbocycles. The van der Waals surface area contributed by atoms with Crippen molar-refractivity contribution in [2.45, 2.75) is 40.2 Å². The highest BCUT2D eigenvalue weighted by molar-refractivity contribution is 4.91. The highest BCUT2D eigenvalue weighted by Crippen LogP contribution is 2.29. The van der Waals surface area contributed by atoms with Crippen LogP contribution < -0.4 is 5.73 Å². The lowest BCUT2D eigenvalue weighted by Crippen LogP contribution is -2.54. The van der Waals surface area contributed by atoms with E-state index in [1.807, 2.05) is 0 Å². The topological polar surface area (TPSA) is 38.5 Å². The Morgan fingerprint density at radius 2 is 2.06 bits per heavy atom. The van der Waals surface area contributed by atoms with Crippen LogP contribution in [0.3, 0.4) is 0 Å². The first-order chi connectivity index (χ1) is 7.27. The smallest absolute Gasteiger partial charge is 0.0525 e. The zero-order valence-electron chi connectivity index (χ0n) is 11.5. The normalized spacial score (nSPS) is 27.0. The molecule has 0 radical (unpaired) electrons. The Morgan fingerprint density at radius 3 is 2.56 bits per heavy atom. The average molecular weight is 228 g/mol. The molecule has 1 aliphatic heterocycles. The Hall–Kier alpha value is -0.120. The molecule has 2 N–H and O–H groups in total. The lowest BCUT2D eigenvalue weighted by Gasteiger charge is -2.45. The minimum Gasteiger partial charge on any atom is -0.384 e. The first-order valence-electron chi connectivity index (χ1n) is 6.24. The molecule has 1 fully saturated rings. The van der Waals surface area contributed by atoms with Gasteiger partial charge >= 0.3 is 0 Å². The van der Waals surface area contributed by atoms with Crippen molar-refractivity contribution in [1.82, 2.24) is 4.90 Å². The minimum absolute atomic E-state index is 0.228. The summed E-state index contributed by atoms with van der Waals surface area (Å²) in [4.78, 5) is 2.53. The van der Waals surface area contributed by atoms with Gasteiger partial charge in [-0.2, -0.15) is 0 Å². The largest absolute Gasteiger partial charge is 0.384 e. The van der Waals surface area contributed by atoms with Gasteiger partial charge in [0, 0.05) is 31.7 Å². The number of likely N-dealkylation sites (tertiary alicyclic amines) is 1. The fraction of sp³-hybridized carbons (Fsp3) is 1.00. The van der Waals surface area contributed by atoms with E-state index in [1.54, 1.807) is 7.11 Å². The molecule has 3 nitrogen and oxygen atoms in total.